The highest BCUT2D eigenvalue weighted by molar-refractivity contribution is 5.89. The fourth-order valence-electron chi connectivity index (χ4n) is 1.79. The summed E-state index contributed by atoms with van der Waals surface area (Å²) in [5.41, 5.74) is -0.461. The van der Waals surface area contributed by atoms with Gasteiger partial charge in [-0.25, -0.2) is 0 Å². The molecular formula is C11H17F3N2O2. The van der Waals surface area contributed by atoms with E-state index in [2.05, 4.69) is 5.32 Å². The van der Waals surface area contributed by atoms with E-state index >= 15 is 0 Å². The van der Waals surface area contributed by atoms with Gasteiger partial charge in [0.25, 0.3) is 0 Å². The highest BCUT2D eigenvalue weighted by Gasteiger charge is 2.40. The van der Waals surface area contributed by atoms with Crippen LogP contribution in [0.5, 0.6) is 0 Å². The first-order valence-corrected chi connectivity index (χ1v) is 5.64. The Morgan fingerprint density at radius 1 is 1.39 bits per heavy atom. The van der Waals surface area contributed by atoms with Gasteiger partial charge >= 0.3 is 6.18 Å². The number of likely N-dealkylation sites (tertiary alicyclic amines) is 1. The van der Waals surface area contributed by atoms with Gasteiger partial charge in [0.1, 0.15) is 6.54 Å². The zero-order chi connectivity index (χ0) is 14.1. The number of nitrogens with zero attached hydrogens (tertiary/aromatic N) is 1. The molecule has 0 aromatic rings. The molecule has 0 aliphatic carbocycles. The monoisotopic (exact) mass is 266 g/mol. The molecule has 4 nitrogen and oxygen atoms in total. The van der Waals surface area contributed by atoms with Crippen molar-refractivity contribution in [2.45, 2.75) is 38.9 Å². The zero-order valence-electron chi connectivity index (χ0n) is 10.6. The van der Waals surface area contributed by atoms with Crippen LogP contribution in [0.1, 0.15) is 27.2 Å². The van der Waals surface area contributed by atoms with Crippen LogP contribution in [0.3, 0.4) is 0 Å². The molecule has 2 amide bonds. The van der Waals surface area contributed by atoms with Crippen molar-refractivity contribution < 1.29 is 22.8 Å². The average molecular weight is 266 g/mol. The molecule has 1 N–H and O–H groups in total. The Morgan fingerprint density at radius 2 is 1.94 bits per heavy atom. The third kappa shape index (κ3) is 4.54. The van der Waals surface area contributed by atoms with Crippen molar-refractivity contribution in [3.05, 3.63) is 0 Å². The van der Waals surface area contributed by atoms with E-state index in [1.165, 1.54) is 0 Å². The third-order valence-corrected chi connectivity index (χ3v) is 2.45. The van der Waals surface area contributed by atoms with Crippen LogP contribution in [0, 0.1) is 5.92 Å². The second-order valence-electron chi connectivity index (χ2n) is 5.53. The second-order valence-corrected chi connectivity index (χ2v) is 5.53. The van der Waals surface area contributed by atoms with E-state index in [0.29, 0.717) is 4.90 Å². The highest BCUT2D eigenvalue weighted by atomic mass is 19.4. The maximum atomic E-state index is 12.2. The van der Waals surface area contributed by atoms with Crippen molar-refractivity contribution in [1.29, 1.82) is 0 Å². The van der Waals surface area contributed by atoms with Gasteiger partial charge in [0.05, 0.1) is 5.92 Å². The summed E-state index contributed by atoms with van der Waals surface area (Å²) in [7, 11) is 0. The first-order chi connectivity index (χ1) is 7.98. The lowest BCUT2D eigenvalue weighted by molar-refractivity contribution is -0.157. The van der Waals surface area contributed by atoms with Crippen LogP contribution >= 0.6 is 0 Å². The number of halogens is 3. The summed E-state index contributed by atoms with van der Waals surface area (Å²) in [6, 6.07) is 0. The van der Waals surface area contributed by atoms with Gasteiger partial charge in [-0.05, 0) is 20.8 Å². The summed E-state index contributed by atoms with van der Waals surface area (Å²) < 4.78 is 36.6. The predicted molar refractivity (Wildman–Crippen MR) is 58.6 cm³/mol. The Labute approximate surface area is 104 Å². The second kappa shape index (κ2) is 4.78. The zero-order valence-corrected chi connectivity index (χ0v) is 10.6. The Bertz CT molecular complexity index is 347. The Morgan fingerprint density at radius 3 is 2.39 bits per heavy atom. The van der Waals surface area contributed by atoms with Gasteiger partial charge in [0.2, 0.25) is 11.8 Å². The molecule has 0 unspecified atom stereocenters. The SMILES string of the molecule is CC(C)(C)NC(=O)[C@H]1CC(=O)N(CC(F)(F)F)C1. The molecule has 1 aliphatic rings. The molecule has 1 fully saturated rings. The lowest BCUT2D eigenvalue weighted by Crippen LogP contribution is -2.44. The van der Waals surface area contributed by atoms with Crippen LogP contribution in [0.2, 0.25) is 0 Å². The van der Waals surface area contributed by atoms with Crippen LogP contribution in [0.25, 0.3) is 0 Å². The summed E-state index contributed by atoms with van der Waals surface area (Å²) in [5.74, 6) is -1.69. The molecule has 104 valence electrons. The van der Waals surface area contributed by atoms with Crippen molar-refractivity contribution in [2.24, 2.45) is 5.92 Å². The first-order valence-electron chi connectivity index (χ1n) is 5.64. The molecule has 0 bridgehead atoms. The van der Waals surface area contributed by atoms with Gasteiger partial charge in [-0.15, -0.1) is 0 Å². The maximum absolute atomic E-state index is 12.2. The molecule has 0 aromatic heterocycles. The molecule has 18 heavy (non-hydrogen) atoms. The largest absolute Gasteiger partial charge is 0.406 e. The predicted octanol–water partition coefficient (Wildman–Crippen LogP) is 1.31. The first kappa shape index (κ1) is 14.8. The molecule has 0 spiro atoms. The minimum absolute atomic E-state index is 0.155. The standard InChI is InChI=1S/C11H17F3N2O2/c1-10(2,3)15-9(18)7-4-8(17)16(5-7)6-11(12,13)14/h7H,4-6H2,1-3H3,(H,15,18)/t7-/m0/s1. The molecular weight excluding hydrogens is 249 g/mol. The Balaban J connectivity index is 2.59. The molecule has 7 heteroatoms. The van der Waals surface area contributed by atoms with Crippen LogP contribution in [-0.2, 0) is 9.59 Å². The lowest BCUT2D eigenvalue weighted by atomic mass is 10.0. The number of carbonyl (C=O) groups excluding carboxylic acids is 2. The van der Waals surface area contributed by atoms with E-state index in [0.717, 1.165) is 0 Å². The minimum Gasteiger partial charge on any atom is -0.351 e. The minimum atomic E-state index is -4.43. The Hall–Kier alpha value is -1.27. The fourth-order valence-corrected chi connectivity index (χ4v) is 1.79. The molecule has 1 rings (SSSR count). The van der Waals surface area contributed by atoms with E-state index in [4.69, 9.17) is 0 Å². The van der Waals surface area contributed by atoms with E-state index in [9.17, 15) is 22.8 Å². The number of rotatable bonds is 2. The number of alkyl halides is 3. The molecule has 1 heterocycles. The smallest absolute Gasteiger partial charge is 0.351 e. The van der Waals surface area contributed by atoms with Gasteiger partial charge in [-0.2, -0.15) is 13.2 Å². The van der Waals surface area contributed by atoms with E-state index in [-0.39, 0.29) is 18.9 Å². The summed E-state index contributed by atoms with van der Waals surface area (Å²) >= 11 is 0. The van der Waals surface area contributed by atoms with Crippen LogP contribution in [0.15, 0.2) is 0 Å². The molecule has 0 radical (unpaired) electrons. The molecule has 0 aromatic carbocycles. The summed E-state index contributed by atoms with van der Waals surface area (Å²) in [6.07, 6.45) is -4.58. The maximum Gasteiger partial charge on any atom is 0.406 e. The van der Waals surface area contributed by atoms with Crippen molar-refractivity contribution in [3.63, 3.8) is 0 Å². The van der Waals surface area contributed by atoms with Crippen LogP contribution < -0.4 is 5.32 Å². The van der Waals surface area contributed by atoms with Crippen molar-refractivity contribution in [3.8, 4) is 0 Å². The summed E-state index contributed by atoms with van der Waals surface area (Å²) in [4.78, 5) is 23.8. The highest BCUT2D eigenvalue weighted by Crippen LogP contribution is 2.24. The van der Waals surface area contributed by atoms with E-state index < -0.39 is 30.1 Å². The molecule has 0 saturated carbocycles. The summed E-state index contributed by atoms with van der Waals surface area (Å²) in [5, 5.41) is 2.67. The fraction of sp³-hybridized carbons (Fsp3) is 0.818. The Kier molecular flexibility index (Phi) is 3.92. The third-order valence-electron chi connectivity index (χ3n) is 2.45. The van der Waals surface area contributed by atoms with Gasteiger partial charge in [-0.3, -0.25) is 9.59 Å². The molecule has 1 aliphatic heterocycles. The van der Waals surface area contributed by atoms with Crippen LogP contribution in [-0.4, -0.2) is 41.5 Å². The van der Waals surface area contributed by atoms with Crippen LogP contribution in [0.4, 0.5) is 13.2 Å². The molecule has 1 saturated heterocycles. The van der Waals surface area contributed by atoms with Gasteiger partial charge in [0.15, 0.2) is 0 Å². The normalized spacial score (nSPS) is 21.3. The number of hydrogen-bond donors (Lipinski definition) is 1. The van der Waals surface area contributed by atoms with E-state index in [1.54, 1.807) is 20.8 Å². The number of nitrogens with one attached hydrogen (secondary N) is 1. The summed E-state index contributed by atoms with van der Waals surface area (Å²) in [6.45, 7) is 3.87. The van der Waals surface area contributed by atoms with Gasteiger partial charge < -0.3 is 10.2 Å². The molecule has 1 atom stereocenters. The number of hydrogen-bond acceptors (Lipinski definition) is 2. The van der Waals surface area contributed by atoms with Crippen molar-refractivity contribution >= 4 is 11.8 Å². The number of amides is 2. The quantitative estimate of drug-likeness (QED) is 0.819. The topological polar surface area (TPSA) is 49.4 Å². The van der Waals surface area contributed by atoms with Gasteiger partial charge in [0, 0.05) is 18.5 Å². The van der Waals surface area contributed by atoms with Crippen molar-refractivity contribution in [2.75, 3.05) is 13.1 Å². The van der Waals surface area contributed by atoms with E-state index in [1.807, 2.05) is 0 Å². The van der Waals surface area contributed by atoms with Crippen molar-refractivity contribution in [1.82, 2.24) is 10.2 Å². The lowest BCUT2D eigenvalue weighted by Gasteiger charge is -2.23. The van der Waals surface area contributed by atoms with Gasteiger partial charge in [-0.1, -0.05) is 0 Å². The average Bonchev–Trinajstić information content (AvgIpc) is 2.42. The number of carbonyl (C=O) groups is 2.